The molecule has 3 N–H and O–H groups in total. The van der Waals surface area contributed by atoms with E-state index in [0.29, 0.717) is 38.0 Å². The van der Waals surface area contributed by atoms with Gasteiger partial charge in [0.15, 0.2) is 5.82 Å². The van der Waals surface area contributed by atoms with Crippen LogP contribution in [0.3, 0.4) is 0 Å². The summed E-state index contributed by atoms with van der Waals surface area (Å²) in [6, 6.07) is 11.5. The van der Waals surface area contributed by atoms with Gasteiger partial charge in [0.05, 0.1) is 23.4 Å². The molecule has 224 valence electrons. The Morgan fingerprint density at radius 1 is 1.00 bits per heavy atom. The van der Waals surface area contributed by atoms with E-state index in [4.69, 9.17) is 0 Å². The van der Waals surface area contributed by atoms with Crippen LogP contribution in [0, 0.1) is 11.7 Å². The number of amides is 4. The lowest BCUT2D eigenvalue weighted by Gasteiger charge is -2.30. The second-order valence-corrected chi connectivity index (χ2v) is 11.7. The van der Waals surface area contributed by atoms with Crippen molar-refractivity contribution in [2.75, 3.05) is 22.9 Å². The van der Waals surface area contributed by atoms with Crippen LogP contribution in [0.5, 0.6) is 0 Å². The van der Waals surface area contributed by atoms with E-state index in [-0.39, 0.29) is 54.3 Å². The minimum Gasteiger partial charge on any atom is -0.391 e. The van der Waals surface area contributed by atoms with Gasteiger partial charge < -0.3 is 25.5 Å². The summed E-state index contributed by atoms with van der Waals surface area (Å²) < 4.78 is 16.0. The monoisotopic (exact) mass is 578 g/mol. The molecule has 3 fully saturated rings. The molecule has 0 unspecified atom stereocenters. The van der Waals surface area contributed by atoms with Crippen molar-refractivity contribution in [1.29, 1.82) is 0 Å². The van der Waals surface area contributed by atoms with Crippen molar-refractivity contribution >= 4 is 35.0 Å². The predicted octanol–water partition coefficient (Wildman–Crippen LogP) is 3.48. The molecule has 2 aliphatic heterocycles. The molecule has 2 aromatic carbocycles. The molecule has 3 atom stereocenters. The summed E-state index contributed by atoms with van der Waals surface area (Å²) in [5, 5.41) is 17.1. The molecule has 1 saturated carbocycles. The Morgan fingerprint density at radius 3 is 2.26 bits per heavy atom. The first-order valence-electron chi connectivity index (χ1n) is 15.0. The molecule has 0 spiro atoms. The number of hydrogen-bond donors (Lipinski definition) is 3. The quantitative estimate of drug-likeness (QED) is 0.377. The molecule has 2 aromatic rings. The van der Waals surface area contributed by atoms with Gasteiger partial charge in [-0.25, -0.2) is 4.39 Å². The molecule has 10 heteroatoms. The van der Waals surface area contributed by atoms with E-state index in [1.165, 1.54) is 21.9 Å². The Kier molecular flexibility index (Phi) is 9.21. The average molecular weight is 579 g/mol. The number of anilines is 2. The highest BCUT2D eigenvalue weighted by Gasteiger charge is 2.33. The molecular formula is C32H39FN4O5. The summed E-state index contributed by atoms with van der Waals surface area (Å²) in [5.74, 6) is -2.61. The van der Waals surface area contributed by atoms with Crippen molar-refractivity contribution in [2.45, 2.75) is 82.9 Å². The van der Waals surface area contributed by atoms with Crippen LogP contribution in [0.2, 0.25) is 0 Å². The molecule has 0 aromatic heterocycles. The molecule has 4 amide bonds. The zero-order chi connectivity index (χ0) is 29.8. The fourth-order valence-corrected chi connectivity index (χ4v) is 5.86. The summed E-state index contributed by atoms with van der Waals surface area (Å²) in [4.78, 5) is 54.4. The molecule has 42 heavy (non-hydrogen) atoms. The predicted molar refractivity (Wildman–Crippen MR) is 157 cm³/mol. The summed E-state index contributed by atoms with van der Waals surface area (Å²) in [7, 11) is 0. The van der Waals surface area contributed by atoms with E-state index in [0.717, 1.165) is 24.8 Å². The van der Waals surface area contributed by atoms with Gasteiger partial charge in [0.25, 0.3) is 5.91 Å². The van der Waals surface area contributed by atoms with Gasteiger partial charge in [-0.2, -0.15) is 0 Å². The number of nitrogens with one attached hydrogen (secondary N) is 2. The minimum atomic E-state index is -1.10. The van der Waals surface area contributed by atoms with Crippen LogP contribution in [0.15, 0.2) is 42.5 Å². The van der Waals surface area contributed by atoms with Crippen LogP contribution >= 0.6 is 0 Å². The van der Waals surface area contributed by atoms with Gasteiger partial charge in [-0.1, -0.05) is 37.3 Å². The van der Waals surface area contributed by atoms with Crippen molar-refractivity contribution in [3.63, 3.8) is 0 Å². The maximum absolute atomic E-state index is 16.0. The average Bonchev–Trinajstić information content (AvgIpc) is 3.58. The van der Waals surface area contributed by atoms with Gasteiger partial charge in [0, 0.05) is 43.6 Å². The summed E-state index contributed by atoms with van der Waals surface area (Å²) in [6.07, 6.45) is 4.12. The van der Waals surface area contributed by atoms with Crippen LogP contribution in [-0.2, 0) is 20.8 Å². The number of aliphatic hydroxyl groups is 1. The number of hydrogen-bond acceptors (Lipinski definition) is 5. The fraction of sp³-hybridized carbons (Fsp3) is 0.500. The van der Waals surface area contributed by atoms with Gasteiger partial charge in [-0.05, 0) is 62.6 Å². The molecule has 1 aliphatic carbocycles. The zero-order valence-corrected chi connectivity index (χ0v) is 24.0. The largest absolute Gasteiger partial charge is 0.391 e. The maximum atomic E-state index is 16.0. The van der Waals surface area contributed by atoms with Crippen LogP contribution in [0.1, 0.15) is 74.2 Å². The molecule has 3 aliphatic rings. The van der Waals surface area contributed by atoms with E-state index in [1.54, 1.807) is 6.92 Å². The van der Waals surface area contributed by atoms with Crippen LogP contribution < -0.4 is 20.4 Å². The Morgan fingerprint density at radius 2 is 1.67 bits per heavy atom. The SMILES string of the molecule is C[C@H](C[C@@H](O)[C@H](Cc1ccccc1)NC(=O)c1cc(N2CCCC2=O)cc(N2CCCC2=O)c1F)C(=O)NC1CCC1. The number of rotatable bonds is 11. The van der Waals surface area contributed by atoms with Crippen molar-refractivity contribution < 1.29 is 28.7 Å². The number of carbonyl (C=O) groups is 4. The van der Waals surface area contributed by atoms with Gasteiger partial charge in [0.2, 0.25) is 17.7 Å². The van der Waals surface area contributed by atoms with Crippen molar-refractivity contribution in [1.82, 2.24) is 10.6 Å². The second kappa shape index (κ2) is 13.0. The summed E-state index contributed by atoms with van der Waals surface area (Å²) in [5.41, 5.74) is 0.887. The molecule has 0 radical (unpaired) electrons. The van der Waals surface area contributed by atoms with E-state index >= 15 is 4.39 Å². The lowest BCUT2D eigenvalue weighted by atomic mass is 9.90. The maximum Gasteiger partial charge on any atom is 0.254 e. The van der Waals surface area contributed by atoms with E-state index in [2.05, 4.69) is 10.6 Å². The summed E-state index contributed by atoms with van der Waals surface area (Å²) >= 11 is 0. The van der Waals surface area contributed by atoms with E-state index < -0.39 is 29.8 Å². The number of benzene rings is 2. The Bertz CT molecular complexity index is 1330. The van der Waals surface area contributed by atoms with Gasteiger partial charge in [-0.3, -0.25) is 19.2 Å². The van der Waals surface area contributed by atoms with Crippen LogP contribution in [0.25, 0.3) is 0 Å². The Balaban J connectivity index is 1.41. The highest BCUT2D eigenvalue weighted by molar-refractivity contribution is 6.03. The standard InChI is InChI=1S/C32H39FN4O5/c1-20(31(41)34-22-10-5-11-22)16-27(38)25(17-21-8-3-2-4-9-21)35-32(42)24-18-23(36-14-6-12-28(36)39)19-26(30(24)33)37-15-7-13-29(37)40/h2-4,8-9,18-20,22,25,27,38H,5-7,10-17H2,1H3,(H,34,41)(H,35,42)/t20-,25+,27-/m1/s1. The number of carbonyl (C=O) groups excluding carboxylic acids is 4. The molecule has 2 saturated heterocycles. The lowest BCUT2D eigenvalue weighted by molar-refractivity contribution is -0.127. The number of halogens is 1. The molecule has 5 rings (SSSR count). The highest BCUT2D eigenvalue weighted by Crippen LogP contribution is 2.34. The Hall–Kier alpha value is -3.79. The highest BCUT2D eigenvalue weighted by atomic mass is 19.1. The van der Waals surface area contributed by atoms with Gasteiger partial charge in [-0.15, -0.1) is 0 Å². The van der Waals surface area contributed by atoms with E-state index in [9.17, 15) is 24.3 Å². The molecule has 9 nitrogen and oxygen atoms in total. The zero-order valence-electron chi connectivity index (χ0n) is 24.0. The third kappa shape index (κ3) is 6.64. The van der Waals surface area contributed by atoms with Crippen molar-refractivity contribution in [3.8, 4) is 0 Å². The summed E-state index contributed by atoms with van der Waals surface area (Å²) in [6.45, 7) is 2.51. The van der Waals surface area contributed by atoms with E-state index in [1.807, 2.05) is 30.3 Å². The van der Waals surface area contributed by atoms with Gasteiger partial charge in [0.1, 0.15) is 0 Å². The molecule has 2 heterocycles. The van der Waals surface area contributed by atoms with Crippen LogP contribution in [0.4, 0.5) is 15.8 Å². The third-order valence-electron chi connectivity index (χ3n) is 8.61. The fourth-order valence-electron chi connectivity index (χ4n) is 5.86. The second-order valence-electron chi connectivity index (χ2n) is 11.7. The number of nitrogens with zero attached hydrogens (tertiary/aromatic N) is 2. The first-order chi connectivity index (χ1) is 20.2. The normalized spacial score (nSPS) is 19.4. The first kappa shape index (κ1) is 29.7. The Labute approximate surface area is 245 Å². The molecular weight excluding hydrogens is 539 g/mol. The van der Waals surface area contributed by atoms with Crippen LogP contribution in [-0.4, -0.2) is 60.0 Å². The lowest BCUT2D eigenvalue weighted by Crippen LogP contribution is -2.48. The molecule has 0 bridgehead atoms. The van der Waals surface area contributed by atoms with Gasteiger partial charge >= 0.3 is 0 Å². The van der Waals surface area contributed by atoms with Crippen molar-refractivity contribution in [3.05, 3.63) is 59.4 Å². The first-order valence-corrected chi connectivity index (χ1v) is 15.0. The van der Waals surface area contributed by atoms with Crippen molar-refractivity contribution in [2.24, 2.45) is 5.92 Å². The smallest absolute Gasteiger partial charge is 0.254 e. The topological polar surface area (TPSA) is 119 Å². The third-order valence-corrected chi connectivity index (χ3v) is 8.61. The number of aliphatic hydroxyl groups excluding tert-OH is 1. The minimum absolute atomic E-state index is 0.0266.